The van der Waals surface area contributed by atoms with Crippen molar-refractivity contribution < 1.29 is 26.8 Å². The second-order valence-electron chi connectivity index (χ2n) is 1.52. The Morgan fingerprint density at radius 1 is 1.25 bits per heavy atom. The molecule has 4 nitrogen and oxygen atoms in total. The van der Waals surface area contributed by atoms with Gasteiger partial charge in [-0.05, 0) is 0 Å². The molecule has 8 heavy (non-hydrogen) atoms. The van der Waals surface area contributed by atoms with Gasteiger partial charge in [0.05, 0.1) is 0 Å². The van der Waals surface area contributed by atoms with Gasteiger partial charge in [0, 0.05) is 0 Å². The molecule has 0 unspecified atom stereocenters. The molecule has 0 aromatic heterocycles. The summed E-state index contributed by atoms with van der Waals surface area (Å²) in [5.41, 5.74) is 0. The maximum absolute atomic E-state index is 9.69. The summed E-state index contributed by atoms with van der Waals surface area (Å²) in [4.78, 5) is 3.34. The van der Waals surface area contributed by atoms with E-state index < -0.39 is 30.4 Å². The summed E-state index contributed by atoms with van der Waals surface area (Å²) in [5.74, 6) is 0. The molecular weight excluding hydrogens is 242 g/mol. The number of rotatable bonds is 2. The van der Waals surface area contributed by atoms with Gasteiger partial charge in [0.25, 0.3) is 0 Å². The standard InChI is InChI=1S/2CH3.ClHO4.Sn.H/c;;2-1(3,4)5;;/h2*1H3;(H,2,3,4,5);;/q;;;+1;/p-1. The molecule has 0 radical (unpaired) electrons. The second-order valence-corrected chi connectivity index (χ2v) is 9.96. The Kier molecular flexibility index (Phi) is 3.56. The van der Waals surface area contributed by atoms with Crippen LogP contribution >= 0.6 is 0 Å². The molecule has 6 heteroatoms. The molecule has 0 atom stereocenters. The monoisotopic (exact) mass is 250 g/mol. The topological polar surface area (TPSA) is 78.4 Å². The van der Waals surface area contributed by atoms with Crippen LogP contribution in [0.25, 0.3) is 0 Å². The molecule has 0 N–H and O–H groups in total. The molecule has 0 spiro atoms. The van der Waals surface area contributed by atoms with Crippen LogP contribution in [0.5, 0.6) is 0 Å². The van der Waals surface area contributed by atoms with Crippen LogP contribution in [0.4, 0.5) is 0 Å². The van der Waals surface area contributed by atoms with Crippen molar-refractivity contribution in [3.63, 3.8) is 0 Å². The van der Waals surface area contributed by atoms with Gasteiger partial charge in [0.1, 0.15) is 0 Å². The molecule has 0 rings (SSSR count). The molecular formula is C2H7ClO4Sn. The van der Waals surface area contributed by atoms with Crippen molar-refractivity contribution in [3.8, 4) is 0 Å². The average Bonchev–Trinajstić information content (AvgIpc) is 1.21. The van der Waals surface area contributed by atoms with Crippen molar-refractivity contribution in [1.29, 1.82) is 0 Å². The quantitative estimate of drug-likeness (QED) is 0.485. The van der Waals surface area contributed by atoms with E-state index in [1.807, 2.05) is 0 Å². The predicted octanol–water partition coefficient (Wildman–Crippen LogP) is -3.12. The second kappa shape index (κ2) is 3.19. The Hall–Kier alpha value is 0.929. The fourth-order valence-electron chi connectivity index (χ4n) is 0.218. The van der Waals surface area contributed by atoms with Crippen molar-refractivity contribution in [2.24, 2.45) is 0 Å². The minimum absolute atomic E-state index is 1.67. The summed E-state index contributed by atoms with van der Waals surface area (Å²) >= 11 is -2.29. The molecule has 0 aliphatic heterocycles. The van der Waals surface area contributed by atoms with E-state index in [2.05, 4.69) is 2.63 Å². The molecule has 50 valence electrons. The first-order chi connectivity index (χ1) is 3.42. The van der Waals surface area contributed by atoms with Crippen molar-refractivity contribution in [2.45, 2.75) is 9.88 Å². The van der Waals surface area contributed by atoms with Crippen molar-refractivity contribution in [3.05, 3.63) is 0 Å². The Bertz CT molecular complexity index is 68.9. The third-order valence-corrected chi connectivity index (χ3v) is 5.78. The summed E-state index contributed by atoms with van der Waals surface area (Å²) in [6.07, 6.45) is 0. The number of hydrogen-bond acceptors (Lipinski definition) is 4. The van der Waals surface area contributed by atoms with Crippen LogP contribution in [0.2, 0.25) is 9.88 Å². The molecule has 0 aromatic carbocycles. The molecule has 0 saturated carbocycles. The predicted molar refractivity (Wildman–Crippen MR) is 20.0 cm³/mol. The van der Waals surface area contributed by atoms with E-state index in [4.69, 9.17) is 0 Å². The molecule has 0 aliphatic carbocycles. The van der Waals surface area contributed by atoms with E-state index in [0.29, 0.717) is 0 Å². The zero-order valence-electron chi connectivity index (χ0n) is 4.59. The van der Waals surface area contributed by atoms with Gasteiger partial charge in [-0.25, -0.2) is 0 Å². The van der Waals surface area contributed by atoms with Crippen LogP contribution in [-0.2, 0) is 2.63 Å². The van der Waals surface area contributed by atoms with Crippen LogP contribution in [0.15, 0.2) is 0 Å². The molecule has 0 aromatic rings. The zero-order valence-corrected chi connectivity index (χ0v) is 8.64. The molecule has 0 fully saturated rings. The normalized spacial score (nSPS) is 12.8. The van der Waals surface area contributed by atoms with Gasteiger partial charge in [-0.1, -0.05) is 0 Å². The molecule has 0 heterocycles. The summed E-state index contributed by atoms with van der Waals surface area (Å²) in [6, 6.07) is 0. The van der Waals surface area contributed by atoms with Crippen molar-refractivity contribution in [2.75, 3.05) is 0 Å². The third kappa shape index (κ3) is 6.93. The SMILES string of the molecule is [CH3][SnH]([CH3])[O][Cl+3]([O-])([O-])[O-]. The van der Waals surface area contributed by atoms with Crippen LogP contribution in [0.3, 0.4) is 0 Å². The van der Waals surface area contributed by atoms with E-state index in [9.17, 15) is 14.0 Å². The van der Waals surface area contributed by atoms with Crippen molar-refractivity contribution in [1.82, 2.24) is 0 Å². The van der Waals surface area contributed by atoms with Crippen LogP contribution in [-0.4, -0.2) is 20.2 Å². The van der Waals surface area contributed by atoms with E-state index in [1.54, 1.807) is 9.88 Å². The van der Waals surface area contributed by atoms with Crippen LogP contribution in [0, 0.1) is 10.2 Å². The summed E-state index contributed by atoms with van der Waals surface area (Å²) in [6.45, 7) is 0. The minimum atomic E-state index is -4.13. The van der Waals surface area contributed by atoms with Gasteiger partial charge >= 0.3 is 56.9 Å². The number of halogens is 1. The van der Waals surface area contributed by atoms with Gasteiger partial charge in [-0.3, -0.25) is 0 Å². The first-order valence-electron chi connectivity index (χ1n) is 2.01. The van der Waals surface area contributed by atoms with Crippen molar-refractivity contribution >= 4 is 20.2 Å². The van der Waals surface area contributed by atoms with Gasteiger partial charge < -0.3 is 0 Å². The molecule has 0 saturated heterocycles. The summed E-state index contributed by atoms with van der Waals surface area (Å²) < 4.78 is 33.1. The van der Waals surface area contributed by atoms with Gasteiger partial charge in [-0.2, -0.15) is 0 Å². The van der Waals surface area contributed by atoms with E-state index in [-0.39, 0.29) is 0 Å². The molecule has 0 bridgehead atoms. The Labute approximate surface area is 57.1 Å². The first kappa shape index (κ1) is 8.93. The van der Waals surface area contributed by atoms with Gasteiger partial charge in [-0.15, -0.1) is 0 Å². The van der Waals surface area contributed by atoms with Gasteiger partial charge in [0.2, 0.25) is 0 Å². The van der Waals surface area contributed by atoms with Crippen LogP contribution < -0.4 is 14.0 Å². The first-order valence-corrected chi connectivity index (χ1v) is 11.2. The Balaban J connectivity index is 3.39. The van der Waals surface area contributed by atoms with E-state index in [1.165, 1.54) is 0 Å². The van der Waals surface area contributed by atoms with Gasteiger partial charge in [0.15, 0.2) is 0 Å². The molecule has 0 amide bonds. The fourth-order valence-corrected chi connectivity index (χ4v) is 4.39. The Morgan fingerprint density at radius 2 is 1.62 bits per heavy atom. The third-order valence-electron chi connectivity index (χ3n) is 0.287. The fraction of sp³-hybridized carbons (Fsp3) is 1.00. The van der Waals surface area contributed by atoms with E-state index in [0.717, 1.165) is 0 Å². The summed E-state index contributed by atoms with van der Waals surface area (Å²) in [7, 11) is -4.13. The Morgan fingerprint density at radius 3 is 1.62 bits per heavy atom. The number of hydrogen-bond donors (Lipinski definition) is 0. The van der Waals surface area contributed by atoms with Crippen LogP contribution in [0.1, 0.15) is 0 Å². The maximum atomic E-state index is 9.69. The van der Waals surface area contributed by atoms with E-state index >= 15 is 0 Å². The zero-order chi connectivity index (χ0) is 6.78. The average molecular weight is 249 g/mol. The summed E-state index contributed by atoms with van der Waals surface area (Å²) in [5, 5.41) is 0. The molecule has 0 aliphatic rings.